The lowest BCUT2D eigenvalue weighted by molar-refractivity contribution is -0.121. The number of amides is 1. The van der Waals surface area contributed by atoms with Crippen LogP contribution in [0.2, 0.25) is 0 Å². The van der Waals surface area contributed by atoms with Crippen molar-refractivity contribution in [3.8, 4) is 0 Å². The van der Waals surface area contributed by atoms with Gasteiger partial charge in [0.15, 0.2) is 5.82 Å². The van der Waals surface area contributed by atoms with Crippen molar-refractivity contribution in [2.24, 2.45) is 0 Å². The van der Waals surface area contributed by atoms with Gasteiger partial charge in [-0.2, -0.15) is 16.3 Å². The van der Waals surface area contributed by atoms with E-state index in [4.69, 9.17) is 4.52 Å². The summed E-state index contributed by atoms with van der Waals surface area (Å²) in [4.78, 5) is 16.4. The molecule has 3 aromatic heterocycles. The van der Waals surface area contributed by atoms with Crippen LogP contribution in [-0.2, 0) is 11.2 Å². The second-order valence-electron chi connectivity index (χ2n) is 5.24. The molecule has 0 aliphatic rings. The van der Waals surface area contributed by atoms with Gasteiger partial charge in [-0.05, 0) is 41.4 Å². The third-order valence-electron chi connectivity index (χ3n) is 3.52. The molecular weight excluding hydrogens is 312 g/mol. The predicted molar refractivity (Wildman–Crippen MR) is 87.3 cm³/mol. The number of rotatable bonds is 7. The Morgan fingerprint density at radius 2 is 2.26 bits per heavy atom. The number of thiophene rings is 1. The molecule has 0 fully saturated rings. The van der Waals surface area contributed by atoms with E-state index in [9.17, 15) is 4.79 Å². The predicted octanol–water partition coefficient (Wildman–Crippen LogP) is 2.58. The second kappa shape index (κ2) is 7.23. The Labute approximate surface area is 138 Å². The van der Waals surface area contributed by atoms with Gasteiger partial charge in [-0.15, -0.1) is 0 Å². The van der Waals surface area contributed by atoms with Crippen molar-refractivity contribution >= 4 is 17.2 Å². The first-order chi connectivity index (χ1) is 11.2. The Morgan fingerprint density at radius 1 is 1.43 bits per heavy atom. The van der Waals surface area contributed by atoms with Crippen LogP contribution in [0.4, 0.5) is 0 Å². The third kappa shape index (κ3) is 4.07. The van der Waals surface area contributed by atoms with Crippen molar-refractivity contribution in [1.29, 1.82) is 0 Å². The molecule has 0 saturated carbocycles. The minimum Gasteiger partial charge on any atom is -0.356 e. The van der Waals surface area contributed by atoms with Gasteiger partial charge in [0.1, 0.15) is 0 Å². The first-order valence-electron chi connectivity index (χ1n) is 7.43. The van der Waals surface area contributed by atoms with Crippen LogP contribution >= 0.6 is 11.3 Å². The molecule has 0 spiro atoms. The molecule has 0 saturated heterocycles. The molecule has 7 heteroatoms. The lowest BCUT2D eigenvalue weighted by Crippen LogP contribution is -2.28. The average molecular weight is 330 g/mol. The third-order valence-corrected chi connectivity index (χ3v) is 4.23. The molecule has 3 rings (SSSR count). The van der Waals surface area contributed by atoms with Crippen molar-refractivity contribution in [2.45, 2.75) is 25.8 Å². The van der Waals surface area contributed by atoms with Gasteiger partial charge in [-0.1, -0.05) is 5.16 Å². The lowest BCUT2D eigenvalue weighted by atomic mass is 10.1. The zero-order valence-corrected chi connectivity index (χ0v) is 13.6. The lowest BCUT2D eigenvalue weighted by Gasteiger charge is -2.17. The number of aromatic nitrogens is 3. The maximum Gasteiger partial charge on any atom is 0.228 e. The number of nitrogens with zero attached hydrogens (tertiary/aromatic N) is 3. The zero-order chi connectivity index (χ0) is 16.1. The van der Waals surface area contributed by atoms with Gasteiger partial charge in [0.25, 0.3) is 0 Å². The molecule has 6 nitrogen and oxygen atoms in total. The Hall–Kier alpha value is -2.41. The molecule has 1 amide bonds. The van der Waals surface area contributed by atoms with Gasteiger partial charge in [0.2, 0.25) is 11.8 Å². The fraction of sp³-hybridized carbons (Fsp3) is 0.312. The van der Waals surface area contributed by atoms with Crippen LogP contribution in [0.15, 0.2) is 45.9 Å². The largest absolute Gasteiger partial charge is 0.356 e. The number of carbonyl (C=O) groups is 1. The summed E-state index contributed by atoms with van der Waals surface area (Å²) in [5.74, 6) is 1.16. The number of carbonyl (C=O) groups excluding carboxylic acids is 1. The molecule has 1 N–H and O–H groups in total. The summed E-state index contributed by atoms with van der Waals surface area (Å²) in [5, 5.41) is 10.8. The van der Waals surface area contributed by atoms with Gasteiger partial charge in [0.05, 0.1) is 12.5 Å². The highest BCUT2D eigenvalue weighted by Crippen LogP contribution is 2.24. The number of aryl methyl sites for hydroxylation is 1. The van der Waals surface area contributed by atoms with Crippen molar-refractivity contribution in [3.63, 3.8) is 0 Å². The van der Waals surface area contributed by atoms with E-state index in [1.165, 1.54) is 0 Å². The molecule has 0 aliphatic carbocycles. The molecule has 3 heterocycles. The van der Waals surface area contributed by atoms with Crippen LogP contribution in [0, 0.1) is 6.92 Å². The molecule has 3 aromatic rings. The second-order valence-corrected chi connectivity index (χ2v) is 6.02. The minimum atomic E-state index is 0.00568. The Bertz CT molecular complexity index is 700. The van der Waals surface area contributed by atoms with Gasteiger partial charge >= 0.3 is 0 Å². The normalized spacial score (nSPS) is 12.2. The fourth-order valence-corrected chi connectivity index (χ4v) is 3.12. The van der Waals surface area contributed by atoms with E-state index in [0.717, 1.165) is 5.56 Å². The van der Waals surface area contributed by atoms with Gasteiger partial charge in [-0.25, -0.2) is 0 Å². The van der Waals surface area contributed by atoms with Crippen molar-refractivity contribution in [2.75, 3.05) is 6.54 Å². The van der Waals surface area contributed by atoms with E-state index in [1.54, 1.807) is 18.3 Å². The van der Waals surface area contributed by atoms with E-state index in [-0.39, 0.29) is 11.9 Å². The van der Waals surface area contributed by atoms with Crippen LogP contribution in [0.3, 0.4) is 0 Å². The van der Waals surface area contributed by atoms with Crippen LogP contribution in [0.5, 0.6) is 0 Å². The number of hydrogen-bond acceptors (Lipinski definition) is 5. The molecule has 0 aliphatic heterocycles. The molecule has 1 atom stereocenters. The van der Waals surface area contributed by atoms with E-state index < -0.39 is 0 Å². The summed E-state index contributed by atoms with van der Waals surface area (Å²) in [5.41, 5.74) is 1.15. The molecule has 0 bridgehead atoms. The first-order valence-corrected chi connectivity index (χ1v) is 8.37. The Balaban J connectivity index is 1.56. The van der Waals surface area contributed by atoms with Crippen LogP contribution in [0.25, 0.3) is 0 Å². The standard InChI is InChI=1S/C16H18N4O2S/c1-12-18-16(22-19-12)4-6-17-15(21)10-14(13-5-9-23-11-13)20-7-2-3-8-20/h2-3,5,7-9,11,14H,4,6,10H2,1H3,(H,17,21)/t14-/m0/s1. The summed E-state index contributed by atoms with van der Waals surface area (Å²) in [6.07, 6.45) is 4.90. The van der Waals surface area contributed by atoms with Crippen molar-refractivity contribution in [3.05, 3.63) is 58.6 Å². The van der Waals surface area contributed by atoms with E-state index in [0.29, 0.717) is 31.1 Å². The average Bonchev–Trinajstić information content (AvgIpc) is 3.28. The number of nitrogens with one attached hydrogen (secondary N) is 1. The van der Waals surface area contributed by atoms with Crippen LogP contribution in [0.1, 0.15) is 29.7 Å². The topological polar surface area (TPSA) is 73.0 Å². The summed E-state index contributed by atoms with van der Waals surface area (Å²) in [7, 11) is 0. The van der Waals surface area contributed by atoms with Gasteiger partial charge < -0.3 is 14.4 Å². The van der Waals surface area contributed by atoms with E-state index >= 15 is 0 Å². The van der Waals surface area contributed by atoms with Gasteiger partial charge in [0, 0.05) is 25.4 Å². The summed E-state index contributed by atoms with van der Waals surface area (Å²) >= 11 is 1.64. The molecule has 0 unspecified atom stereocenters. The van der Waals surface area contributed by atoms with Crippen molar-refractivity contribution < 1.29 is 9.32 Å². The first kappa shape index (κ1) is 15.5. The summed E-state index contributed by atoms with van der Waals surface area (Å²) < 4.78 is 7.09. The Morgan fingerprint density at radius 3 is 2.91 bits per heavy atom. The highest BCUT2D eigenvalue weighted by atomic mass is 32.1. The molecule has 23 heavy (non-hydrogen) atoms. The van der Waals surface area contributed by atoms with Crippen LogP contribution in [-0.4, -0.2) is 27.2 Å². The SMILES string of the molecule is Cc1noc(CCNC(=O)C[C@@H](c2ccsc2)n2cccc2)n1. The van der Waals surface area contributed by atoms with E-state index in [1.807, 2.05) is 29.9 Å². The number of hydrogen-bond donors (Lipinski definition) is 1. The minimum absolute atomic E-state index is 0.00568. The highest BCUT2D eigenvalue weighted by molar-refractivity contribution is 7.07. The van der Waals surface area contributed by atoms with E-state index in [2.05, 4.69) is 31.5 Å². The smallest absolute Gasteiger partial charge is 0.228 e. The van der Waals surface area contributed by atoms with Crippen LogP contribution < -0.4 is 5.32 Å². The highest BCUT2D eigenvalue weighted by Gasteiger charge is 2.17. The quantitative estimate of drug-likeness (QED) is 0.722. The molecule has 0 radical (unpaired) electrons. The maximum atomic E-state index is 12.3. The maximum absolute atomic E-state index is 12.3. The Kier molecular flexibility index (Phi) is 4.87. The fourth-order valence-electron chi connectivity index (χ4n) is 2.41. The molecule has 0 aromatic carbocycles. The summed E-state index contributed by atoms with van der Waals surface area (Å²) in [6.45, 7) is 2.26. The monoisotopic (exact) mass is 330 g/mol. The molecular formula is C16H18N4O2S. The molecule has 120 valence electrons. The zero-order valence-electron chi connectivity index (χ0n) is 12.8. The summed E-state index contributed by atoms with van der Waals surface area (Å²) in [6, 6.07) is 6.01. The van der Waals surface area contributed by atoms with Gasteiger partial charge in [-0.3, -0.25) is 4.79 Å². The van der Waals surface area contributed by atoms with Crippen molar-refractivity contribution in [1.82, 2.24) is 20.0 Å².